The van der Waals surface area contributed by atoms with Gasteiger partial charge in [-0.15, -0.1) is 0 Å². The van der Waals surface area contributed by atoms with E-state index in [0.717, 1.165) is 6.21 Å². The van der Waals surface area contributed by atoms with Crippen LogP contribution in [0.1, 0.15) is 27.2 Å². The summed E-state index contributed by atoms with van der Waals surface area (Å²) in [6.45, 7) is 4.65. The Balaban J connectivity index is 5.13. The fraction of sp³-hybridized carbons (Fsp3) is 0.462. The Kier molecular flexibility index (Phi) is 9.92. The number of aliphatic hydroxyl groups is 1. The molecule has 0 heterocycles. The van der Waals surface area contributed by atoms with Crippen molar-refractivity contribution < 1.29 is 29.0 Å². The van der Waals surface area contributed by atoms with Gasteiger partial charge < -0.3 is 14.6 Å². The topological polar surface area (TPSA) is 126 Å². The van der Waals surface area contributed by atoms with Gasteiger partial charge in [0.05, 0.1) is 13.2 Å². The number of thiocarbonyl (C=S) groups is 1. The lowest BCUT2D eigenvalue weighted by atomic mass is 10.2. The highest BCUT2D eigenvalue weighted by molar-refractivity contribution is 7.80. The minimum atomic E-state index is -0.875. The third-order valence-electron chi connectivity index (χ3n) is 2.08. The van der Waals surface area contributed by atoms with Gasteiger partial charge in [0.15, 0.2) is 0 Å². The molecule has 0 aliphatic heterocycles. The smallest absolute Gasteiger partial charge is 0.343 e. The summed E-state index contributed by atoms with van der Waals surface area (Å²) in [5, 5.41) is 9.73. The van der Waals surface area contributed by atoms with E-state index in [1.54, 1.807) is 13.8 Å². The number of amides is 1. The molecule has 9 nitrogen and oxygen atoms in total. The average Bonchev–Trinajstić information content (AvgIpc) is 2.45. The molecule has 0 aromatic heterocycles. The minimum Gasteiger partial charge on any atom is -0.511 e. The zero-order chi connectivity index (χ0) is 17.8. The van der Waals surface area contributed by atoms with Crippen LogP contribution >= 0.6 is 12.2 Å². The Morgan fingerprint density at radius 1 is 1.17 bits per heavy atom. The number of carbonyl (C=O) groups excluding carboxylic acids is 3. The Labute approximate surface area is 138 Å². The van der Waals surface area contributed by atoms with E-state index in [-0.39, 0.29) is 23.9 Å². The third kappa shape index (κ3) is 9.19. The van der Waals surface area contributed by atoms with E-state index in [1.165, 1.54) is 6.92 Å². The third-order valence-corrected chi connectivity index (χ3v) is 2.29. The number of hydrogen-bond donors (Lipinski definition) is 3. The van der Waals surface area contributed by atoms with Crippen LogP contribution in [0.5, 0.6) is 0 Å². The molecule has 10 heteroatoms. The maximum Gasteiger partial charge on any atom is 0.343 e. The molecule has 0 unspecified atom stereocenters. The summed E-state index contributed by atoms with van der Waals surface area (Å²) in [5.74, 6) is -2.54. The first kappa shape index (κ1) is 20.5. The number of esters is 2. The van der Waals surface area contributed by atoms with E-state index in [1.807, 2.05) is 0 Å². The number of hydrazine groups is 1. The molecule has 0 radical (unpaired) electrons. The van der Waals surface area contributed by atoms with Gasteiger partial charge in [-0.2, -0.15) is 0 Å². The van der Waals surface area contributed by atoms with Crippen molar-refractivity contribution in [3.8, 4) is 0 Å². The van der Waals surface area contributed by atoms with Crippen molar-refractivity contribution in [2.24, 2.45) is 4.99 Å². The number of nitrogens with zero attached hydrogens (tertiary/aromatic N) is 1. The second-order valence-corrected chi connectivity index (χ2v) is 4.32. The highest BCUT2D eigenvalue weighted by atomic mass is 32.1. The normalized spacial score (nSPS) is 11.4. The van der Waals surface area contributed by atoms with Crippen LogP contribution in [0.25, 0.3) is 0 Å². The number of nitrogens with one attached hydrogen (secondary N) is 2. The lowest BCUT2D eigenvalue weighted by Gasteiger charge is -2.07. The summed E-state index contributed by atoms with van der Waals surface area (Å²) in [6.07, 6.45) is 0.420. The zero-order valence-electron chi connectivity index (χ0n) is 13.0. The van der Waals surface area contributed by atoms with Crippen molar-refractivity contribution in [1.29, 1.82) is 0 Å². The number of aliphatic hydroxyl groups excluding tert-OH is 1. The molecule has 0 saturated carbocycles. The first-order valence-electron chi connectivity index (χ1n) is 6.67. The molecule has 0 spiro atoms. The second kappa shape index (κ2) is 11.1. The average molecular weight is 345 g/mol. The van der Waals surface area contributed by atoms with E-state index >= 15 is 0 Å². The van der Waals surface area contributed by atoms with Gasteiger partial charge in [-0.05, 0) is 26.1 Å². The molecule has 0 atom stereocenters. The Hall–Kier alpha value is -2.49. The summed E-state index contributed by atoms with van der Waals surface area (Å²) >= 11 is 4.79. The van der Waals surface area contributed by atoms with Crippen molar-refractivity contribution in [2.45, 2.75) is 27.2 Å². The van der Waals surface area contributed by atoms with Crippen LogP contribution in [0.15, 0.2) is 16.3 Å². The van der Waals surface area contributed by atoms with Gasteiger partial charge in [0.1, 0.15) is 17.8 Å². The molecule has 1 amide bonds. The number of ether oxygens (including phenoxy) is 2. The molecule has 0 fully saturated rings. The monoisotopic (exact) mass is 345 g/mol. The van der Waals surface area contributed by atoms with Crippen LogP contribution < -0.4 is 10.9 Å². The van der Waals surface area contributed by atoms with E-state index in [4.69, 9.17) is 17.0 Å². The predicted octanol–water partition coefficient (Wildman–Crippen LogP) is 0.311. The second-order valence-electron chi connectivity index (χ2n) is 3.93. The van der Waals surface area contributed by atoms with Crippen LogP contribution in [0.4, 0.5) is 0 Å². The molecule has 0 aromatic rings. The molecule has 0 aliphatic carbocycles. The van der Waals surface area contributed by atoms with E-state index in [2.05, 4.69) is 20.6 Å². The van der Waals surface area contributed by atoms with Crippen molar-refractivity contribution in [2.75, 3.05) is 13.2 Å². The molecular weight excluding hydrogens is 326 g/mol. The first-order chi connectivity index (χ1) is 10.8. The summed E-state index contributed by atoms with van der Waals surface area (Å²) in [6, 6.07) is 0. The number of rotatable bonds is 6. The highest BCUT2D eigenvalue weighted by Gasteiger charge is 2.18. The molecule has 3 N–H and O–H groups in total. The van der Waals surface area contributed by atoms with Crippen molar-refractivity contribution >= 4 is 41.4 Å². The lowest BCUT2D eigenvalue weighted by Crippen LogP contribution is -2.38. The molecule has 0 aliphatic rings. The summed E-state index contributed by atoms with van der Waals surface area (Å²) in [5.41, 5.74) is 4.14. The number of carbonyl (C=O) groups is 3. The fourth-order valence-corrected chi connectivity index (χ4v) is 1.30. The zero-order valence-corrected chi connectivity index (χ0v) is 13.9. The van der Waals surface area contributed by atoms with Crippen molar-refractivity contribution in [3.63, 3.8) is 0 Å². The first-order valence-corrected chi connectivity index (χ1v) is 7.08. The molecule has 128 valence electrons. The maximum atomic E-state index is 11.8. The van der Waals surface area contributed by atoms with Gasteiger partial charge in [-0.3, -0.25) is 20.4 Å². The van der Waals surface area contributed by atoms with Crippen LogP contribution in [0, 0.1) is 0 Å². The van der Waals surface area contributed by atoms with Crippen LogP contribution in [-0.4, -0.2) is 47.5 Å². The maximum absolute atomic E-state index is 11.8. The molecule has 0 aromatic carbocycles. The van der Waals surface area contributed by atoms with Crippen LogP contribution in [-0.2, 0) is 23.9 Å². The van der Waals surface area contributed by atoms with Gasteiger partial charge in [-0.25, -0.2) is 9.79 Å². The van der Waals surface area contributed by atoms with E-state index in [0.29, 0.717) is 0 Å². The Bertz CT molecular complexity index is 530. The van der Waals surface area contributed by atoms with Crippen molar-refractivity contribution in [3.05, 3.63) is 11.3 Å². The van der Waals surface area contributed by atoms with Gasteiger partial charge in [-0.1, -0.05) is 0 Å². The minimum absolute atomic E-state index is 0.0669. The quantitative estimate of drug-likeness (QED) is 0.157. The standard InChI is InChI=1S/C13H19N3O6S/c1-4-21-11(19)6-10(18)9(12(20)22-5-2)7-14-13(23)16-15-8(3)17/h7,18H,4-6H2,1-3H3,(H,15,17)(H,16,23). The largest absolute Gasteiger partial charge is 0.511 e. The van der Waals surface area contributed by atoms with E-state index in [9.17, 15) is 19.5 Å². The molecular formula is C13H19N3O6S. The molecule has 0 rings (SSSR count). The summed E-state index contributed by atoms with van der Waals surface area (Å²) in [4.78, 5) is 37.5. The van der Waals surface area contributed by atoms with Gasteiger partial charge in [0.2, 0.25) is 11.0 Å². The predicted molar refractivity (Wildman–Crippen MR) is 85.6 cm³/mol. The highest BCUT2D eigenvalue weighted by Crippen LogP contribution is 2.08. The van der Waals surface area contributed by atoms with Crippen LogP contribution in [0.3, 0.4) is 0 Å². The van der Waals surface area contributed by atoms with Gasteiger partial charge in [0.25, 0.3) is 0 Å². The van der Waals surface area contributed by atoms with Crippen molar-refractivity contribution in [1.82, 2.24) is 10.9 Å². The molecule has 0 bridgehead atoms. The van der Waals surface area contributed by atoms with Gasteiger partial charge >= 0.3 is 11.9 Å². The fourth-order valence-electron chi connectivity index (χ4n) is 1.19. The lowest BCUT2D eigenvalue weighted by molar-refractivity contribution is -0.142. The van der Waals surface area contributed by atoms with Gasteiger partial charge in [0, 0.05) is 13.1 Å². The number of aliphatic imine (C=N–C) groups is 1. The molecule has 23 heavy (non-hydrogen) atoms. The van der Waals surface area contributed by atoms with E-state index < -0.39 is 30.0 Å². The summed E-state index contributed by atoms with van der Waals surface area (Å²) in [7, 11) is 0. The SMILES string of the molecule is CCOC(=O)CC(O)=C(C=NC(=S)NNC(C)=O)C(=O)OCC. The Morgan fingerprint density at radius 3 is 2.30 bits per heavy atom. The molecule has 0 saturated heterocycles. The van der Waals surface area contributed by atoms with Crippen LogP contribution in [0.2, 0.25) is 0 Å². The number of hydrogen-bond acceptors (Lipinski definition) is 7. The Morgan fingerprint density at radius 2 is 1.78 bits per heavy atom. The summed E-state index contributed by atoms with van der Waals surface area (Å²) < 4.78 is 9.44.